The zero-order valence-corrected chi connectivity index (χ0v) is 12.9. The zero-order valence-electron chi connectivity index (χ0n) is 12.1. The van der Waals surface area contributed by atoms with Gasteiger partial charge < -0.3 is 11.5 Å². The minimum absolute atomic E-state index is 0.129. The summed E-state index contributed by atoms with van der Waals surface area (Å²) in [7, 11) is -3.81. The van der Waals surface area contributed by atoms with E-state index in [1.54, 1.807) is 6.92 Å². The second kappa shape index (κ2) is 6.52. The molecule has 0 saturated carbocycles. The van der Waals surface area contributed by atoms with Crippen molar-refractivity contribution in [3.8, 4) is 0 Å². The minimum atomic E-state index is -3.81. The molecule has 0 aliphatic heterocycles. The molecule has 0 fully saturated rings. The Bertz CT molecular complexity index is 751. The fourth-order valence-electron chi connectivity index (χ4n) is 1.85. The number of benzene rings is 1. The Morgan fingerprint density at radius 2 is 1.95 bits per heavy atom. The minimum Gasteiger partial charge on any atom is -0.370 e. The summed E-state index contributed by atoms with van der Waals surface area (Å²) >= 11 is 0. The van der Waals surface area contributed by atoms with Crippen molar-refractivity contribution in [3.05, 3.63) is 33.4 Å². The van der Waals surface area contributed by atoms with Crippen molar-refractivity contribution in [2.45, 2.75) is 25.2 Å². The van der Waals surface area contributed by atoms with Crippen LogP contribution in [0, 0.1) is 17.0 Å². The van der Waals surface area contributed by atoms with Gasteiger partial charge in [0.25, 0.3) is 11.6 Å². The van der Waals surface area contributed by atoms with Gasteiger partial charge in [-0.25, -0.2) is 8.42 Å². The second-order valence-corrected chi connectivity index (χ2v) is 6.63. The molecule has 4 N–H and O–H groups in total. The molecule has 0 atom stereocenters. The maximum atomic E-state index is 12.1. The molecule has 1 amide bonds. The van der Waals surface area contributed by atoms with E-state index in [0.29, 0.717) is 6.42 Å². The third kappa shape index (κ3) is 3.79. The van der Waals surface area contributed by atoms with Crippen LogP contribution in [0.4, 0.5) is 5.69 Å². The average molecular weight is 328 g/mol. The lowest BCUT2D eigenvalue weighted by Crippen LogP contribution is -2.24. The van der Waals surface area contributed by atoms with E-state index in [0.717, 1.165) is 12.1 Å². The van der Waals surface area contributed by atoms with Crippen molar-refractivity contribution in [2.24, 2.45) is 16.5 Å². The van der Waals surface area contributed by atoms with E-state index in [1.165, 1.54) is 6.92 Å². The van der Waals surface area contributed by atoms with Crippen LogP contribution < -0.4 is 11.5 Å². The number of nitro groups is 1. The molecule has 0 radical (unpaired) electrons. The van der Waals surface area contributed by atoms with Crippen LogP contribution in [0.15, 0.2) is 22.0 Å². The summed E-state index contributed by atoms with van der Waals surface area (Å²) in [6, 6.07) is 1.98. The monoisotopic (exact) mass is 328 g/mol. The first-order valence-electron chi connectivity index (χ1n) is 6.26. The highest BCUT2D eigenvalue weighted by molar-refractivity contribution is 7.91. The van der Waals surface area contributed by atoms with Crippen molar-refractivity contribution >= 4 is 27.4 Å². The molecule has 1 aromatic rings. The molecule has 0 unspecified atom stereocenters. The molecular formula is C12H16N4O5S. The molecule has 1 aromatic carbocycles. The lowest BCUT2D eigenvalue weighted by atomic mass is 10.1. The number of aryl methyl sites for hydroxylation is 1. The van der Waals surface area contributed by atoms with E-state index in [9.17, 15) is 23.3 Å². The van der Waals surface area contributed by atoms with Gasteiger partial charge in [0.2, 0.25) is 0 Å². The van der Waals surface area contributed by atoms with E-state index in [2.05, 4.69) is 4.99 Å². The summed E-state index contributed by atoms with van der Waals surface area (Å²) < 4.78 is 24.2. The number of carbonyl (C=O) groups excluding carboxylic acids is 1. The highest BCUT2D eigenvalue weighted by Crippen LogP contribution is 2.29. The number of rotatable bonds is 5. The fourth-order valence-corrected chi connectivity index (χ4v) is 3.41. The van der Waals surface area contributed by atoms with Crippen molar-refractivity contribution in [2.75, 3.05) is 5.75 Å². The predicted octanol–water partition coefficient (Wildman–Crippen LogP) is 0.501. The van der Waals surface area contributed by atoms with Crippen molar-refractivity contribution in [3.63, 3.8) is 0 Å². The lowest BCUT2D eigenvalue weighted by Gasteiger charge is -2.08. The van der Waals surface area contributed by atoms with Crippen LogP contribution in [0.2, 0.25) is 0 Å². The number of nitrogens with zero attached hydrogens (tertiary/aromatic N) is 2. The SMILES string of the molecule is CCCS(=O)(=O)c1cc(C)c(C(=O)N=C(N)N)cc1[N+](=O)[O-]. The first kappa shape index (κ1) is 17.6. The standard InChI is InChI=1S/C12H16N4O5S/c1-3-4-22(20,21)10-5-7(2)8(6-9(10)16(18)19)11(17)15-12(13)14/h5-6H,3-4H2,1-2H3,(H4,13,14,15,17). The number of hydrogen-bond donors (Lipinski definition) is 2. The first-order chi connectivity index (χ1) is 10.1. The second-order valence-electron chi connectivity index (χ2n) is 4.55. The summed E-state index contributed by atoms with van der Waals surface area (Å²) in [6.07, 6.45) is 0.313. The Kier molecular flexibility index (Phi) is 5.20. The summed E-state index contributed by atoms with van der Waals surface area (Å²) in [5, 5.41) is 11.1. The maximum absolute atomic E-state index is 12.1. The number of sulfone groups is 1. The molecule has 0 saturated heterocycles. The van der Waals surface area contributed by atoms with Crippen LogP contribution in [-0.4, -0.2) is 31.0 Å². The van der Waals surface area contributed by atoms with Gasteiger partial charge >= 0.3 is 0 Å². The number of nitro benzene ring substituents is 1. The van der Waals surface area contributed by atoms with Gasteiger partial charge in [0, 0.05) is 6.07 Å². The van der Waals surface area contributed by atoms with Crippen LogP contribution in [0.5, 0.6) is 0 Å². The average Bonchev–Trinajstić information content (AvgIpc) is 2.36. The molecule has 0 aliphatic rings. The van der Waals surface area contributed by atoms with Crippen LogP contribution >= 0.6 is 0 Å². The number of guanidine groups is 1. The van der Waals surface area contributed by atoms with Gasteiger partial charge in [-0.2, -0.15) is 4.99 Å². The Morgan fingerprint density at radius 1 is 1.36 bits per heavy atom. The summed E-state index contributed by atoms with van der Waals surface area (Å²) in [6.45, 7) is 3.09. The molecular weight excluding hydrogens is 312 g/mol. The molecule has 9 nitrogen and oxygen atoms in total. The number of aliphatic imine (C=N–C) groups is 1. The van der Waals surface area contributed by atoms with Crippen molar-refractivity contribution in [1.29, 1.82) is 0 Å². The Hall–Kier alpha value is -2.49. The topological polar surface area (TPSA) is 159 Å². The van der Waals surface area contributed by atoms with Crippen LogP contribution in [-0.2, 0) is 9.84 Å². The zero-order chi connectivity index (χ0) is 17.1. The lowest BCUT2D eigenvalue weighted by molar-refractivity contribution is -0.387. The maximum Gasteiger partial charge on any atom is 0.288 e. The summed E-state index contributed by atoms with van der Waals surface area (Å²) in [5.41, 5.74) is 9.62. The number of nitrogens with two attached hydrogens (primary N) is 2. The van der Waals surface area contributed by atoms with Crippen molar-refractivity contribution in [1.82, 2.24) is 0 Å². The Morgan fingerprint density at radius 3 is 2.41 bits per heavy atom. The summed E-state index contributed by atoms with van der Waals surface area (Å²) in [5.74, 6) is -1.59. The van der Waals surface area contributed by atoms with Gasteiger partial charge in [0.1, 0.15) is 4.90 Å². The molecule has 120 valence electrons. The van der Waals surface area contributed by atoms with Crippen LogP contribution in [0.3, 0.4) is 0 Å². The molecule has 10 heteroatoms. The van der Waals surface area contributed by atoms with Gasteiger partial charge in [0.15, 0.2) is 15.8 Å². The fraction of sp³-hybridized carbons (Fsp3) is 0.333. The molecule has 0 aliphatic carbocycles. The first-order valence-corrected chi connectivity index (χ1v) is 7.91. The molecule has 1 rings (SSSR count). The predicted molar refractivity (Wildman–Crippen MR) is 80.3 cm³/mol. The Balaban J connectivity index is 3.60. The van der Waals surface area contributed by atoms with Crippen LogP contribution in [0.1, 0.15) is 29.3 Å². The molecule has 0 spiro atoms. The van der Waals surface area contributed by atoms with E-state index in [4.69, 9.17) is 11.5 Å². The third-order valence-electron chi connectivity index (χ3n) is 2.77. The quantitative estimate of drug-likeness (QED) is 0.344. The van der Waals surface area contributed by atoms with E-state index in [1.807, 2.05) is 0 Å². The Labute approximate surface area is 127 Å². The molecule has 0 heterocycles. The van der Waals surface area contributed by atoms with Gasteiger partial charge in [0.05, 0.1) is 16.2 Å². The highest BCUT2D eigenvalue weighted by Gasteiger charge is 2.28. The van der Waals surface area contributed by atoms with E-state index in [-0.39, 0.29) is 16.9 Å². The number of amides is 1. The highest BCUT2D eigenvalue weighted by atomic mass is 32.2. The number of carbonyl (C=O) groups is 1. The summed E-state index contributed by atoms with van der Waals surface area (Å²) in [4.78, 5) is 25.0. The normalized spacial score (nSPS) is 11.0. The smallest absolute Gasteiger partial charge is 0.288 e. The van der Waals surface area contributed by atoms with Gasteiger partial charge in [-0.1, -0.05) is 6.92 Å². The molecule has 0 bridgehead atoms. The van der Waals surface area contributed by atoms with E-state index < -0.39 is 37.2 Å². The molecule has 22 heavy (non-hydrogen) atoms. The van der Waals surface area contributed by atoms with Gasteiger partial charge in [-0.15, -0.1) is 0 Å². The largest absolute Gasteiger partial charge is 0.370 e. The van der Waals surface area contributed by atoms with Gasteiger partial charge in [-0.05, 0) is 25.0 Å². The van der Waals surface area contributed by atoms with E-state index >= 15 is 0 Å². The van der Waals surface area contributed by atoms with Crippen molar-refractivity contribution < 1.29 is 18.1 Å². The third-order valence-corrected chi connectivity index (χ3v) is 4.71. The van der Waals surface area contributed by atoms with Crippen LogP contribution in [0.25, 0.3) is 0 Å². The number of hydrogen-bond acceptors (Lipinski definition) is 5. The molecule has 0 aromatic heterocycles. The van der Waals surface area contributed by atoms with Gasteiger partial charge in [-0.3, -0.25) is 14.9 Å².